The van der Waals surface area contributed by atoms with E-state index in [2.05, 4.69) is 6.92 Å². The van der Waals surface area contributed by atoms with Crippen molar-refractivity contribution < 1.29 is 9.90 Å². The first-order valence-corrected chi connectivity index (χ1v) is 4.94. The fourth-order valence-electron chi connectivity index (χ4n) is 1.82. The Balaban J connectivity index is 2.75. The van der Waals surface area contributed by atoms with Gasteiger partial charge in [-0.1, -0.05) is 19.1 Å². The third-order valence-electron chi connectivity index (χ3n) is 2.69. The molecular weight excluding hydrogens is 190 g/mol. The number of aromatic carboxylic acids is 1. The molecule has 0 aliphatic carbocycles. The maximum Gasteiger partial charge on any atom is 0.337 e. The zero-order chi connectivity index (χ0) is 11.0. The molecule has 78 valence electrons. The van der Waals surface area contributed by atoms with Crippen LogP contribution in [0.3, 0.4) is 0 Å². The zero-order valence-electron chi connectivity index (χ0n) is 8.82. The smallest absolute Gasteiger partial charge is 0.337 e. The van der Waals surface area contributed by atoms with Crippen molar-refractivity contribution in [1.82, 2.24) is 4.57 Å². The molecule has 1 aromatic heterocycles. The van der Waals surface area contributed by atoms with Crippen molar-refractivity contribution in [2.24, 2.45) is 7.05 Å². The molecule has 0 bridgehead atoms. The van der Waals surface area contributed by atoms with Crippen molar-refractivity contribution in [3.8, 4) is 0 Å². The number of hydrogen-bond acceptors (Lipinski definition) is 1. The third kappa shape index (κ3) is 1.50. The van der Waals surface area contributed by atoms with Crippen LogP contribution in [-0.4, -0.2) is 15.6 Å². The molecule has 3 heteroatoms. The van der Waals surface area contributed by atoms with E-state index in [1.54, 1.807) is 6.20 Å². The Morgan fingerprint density at radius 1 is 1.47 bits per heavy atom. The van der Waals surface area contributed by atoms with Crippen LogP contribution in [0, 0.1) is 0 Å². The van der Waals surface area contributed by atoms with Crippen LogP contribution in [0.15, 0.2) is 24.4 Å². The summed E-state index contributed by atoms with van der Waals surface area (Å²) in [5, 5.41) is 9.82. The molecule has 0 spiro atoms. The highest BCUT2D eigenvalue weighted by Crippen LogP contribution is 2.22. The summed E-state index contributed by atoms with van der Waals surface area (Å²) >= 11 is 0. The number of hydrogen-bond donors (Lipinski definition) is 1. The van der Waals surface area contributed by atoms with Gasteiger partial charge < -0.3 is 9.67 Å². The van der Waals surface area contributed by atoms with Crippen LogP contribution in [0.4, 0.5) is 0 Å². The number of rotatable bonds is 2. The molecule has 0 atom stereocenters. The van der Waals surface area contributed by atoms with E-state index in [4.69, 9.17) is 5.11 Å². The van der Waals surface area contributed by atoms with E-state index < -0.39 is 5.97 Å². The molecule has 0 amide bonds. The Morgan fingerprint density at radius 2 is 2.20 bits per heavy atom. The summed E-state index contributed by atoms with van der Waals surface area (Å²) in [6.45, 7) is 2.09. The average molecular weight is 203 g/mol. The van der Waals surface area contributed by atoms with E-state index in [-0.39, 0.29) is 0 Å². The van der Waals surface area contributed by atoms with E-state index in [1.807, 2.05) is 29.8 Å². The van der Waals surface area contributed by atoms with Crippen LogP contribution in [0.2, 0.25) is 0 Å². The standard InChI is InChI=1S/C12H13NO2/c1-3-8-4-5-9-10(12(14)15)7-13(2)11(9)6-8/h4-7H,3H2,1-2H3,(H,14,15). The van der Waals surface area contributed by atoms with Gasteiger partial charge >= 0.3 is 5.97 Å². The lowest BCUT2D eigenvalue weighted by Crippen LogP contribution is -1.93. The molecule has 1 N–H and O–H groups in total. The van der Waals surface area contributed by atoms with Crippen molar-refractivity contribution in [1.29, 1.82) is 0 Å². The average Bonchev–Trinajstić information content (AvgIpc) is 2.56. The predicted molar refractivity (Wildman–Crippen MR) is 59.3 cm³/mol. The molecule has 0 aliphatic rings. The van der Waals surface area contributed by atoms with Gasteiger partial charge in [-0.15, -0.1) is 0 Å². The fourth-order valence-corrected chi connectivity index (χ4v) is 1.82. The second-order valence-corrected chi connectivity index (χ2v) is 3.66. The quantitative estimate of drug-likeness (QED) is 0.814. The van der Waals surface area contributed by atoms with Crippen molar-refractivity contribution in [2.75, 3.05) is 0 Å². The number of benzene rings is 1. The van der Waals surface area contributed by atoms with Gasteiger partial charge in [0, 0.05) is 24.1 Å². The summed E-state index contributed by atoms with van der Waals surface area (Å²) in [5.41, 5.74) is 2.57. The number of nitrogens with zero attached hydrogens (tertiary/aromatic N) is 1. The van der Waals surface area contributed by atoms with Crippen LogP contribution in [0.1, 0.15) is 22.8 Å². The maximum atomic E-state index is 11.0. The summed E-state index contributed by atoms with van der Waals surface area (Å²) < 4.78 is 1.86. The largest absolute Gasteiger partial charge is 0.478 e. The van der Waals surface area contributed by atoms with Crippen molar-refractivity contribution in [2.45, 2.75) is 13.3 Å². The van der Waals surface area contributed by atoms with Crippen molar-refractivity contribution >= 4 is 16.9 Å². The first-order valence-electron chi connectivity index (χ1n) is 4.94. The summed E-state index contributed by atoms with van der Waals surface area (Å²) in [6.07, 6.45) is 2.62. The van der Waals surface area contributed by atoms with Crippen LogP contribution in [0.5, 0.6) is 0 Å². The van der Waals surface area contributed by atoms with Gasteiger partial charge in [-0.3, -0.25) is 0 Å². The maximum absolute atomic E-state index is 11.0. The third-order valence-corrected chi connectivity index (χ3v) is 2.69. The second kappa shape index (κ2) is 3.42. The van der Waals surface area contributed by atoms with Crippen LogP contribution < -0.4 is 0 Å². The summed E-state index contributed by atoms with van der Waals surface area (Å²) in [4.78, 5) is 11.0. The molecule has 2 rings (SSSR count). The Labute approximate surface area is 87.9 Å². The van der Waals surface area contributed by atoms with Gasteiger partial charge in [0.2, 0.25) is 0 Å². The summed E-state index contributed by atoms with van der Waals surface area (Å²) in [6, 6.07) is 5.91. The Kier molecular flexibility index (Phi) is 2.23. The highest BCUT2D eigenvalue weighted by molar-refractivity contribution is 6.03. The van der Waals surface area contributed by atoms with Gasteiger partial charge in [0.1, 0.15) is 0 Å². The number of carboxylic acid groups (broad SMARTS) is 1. The first-order chi connectivity index (χ1) is 7.13. The van der Waals surface area contributed by atoms with Gasteiger partial charge in [0.25, 0.3) is 0 Å². The molecule has 0 saturated heterocycles. The Hall–Kier alpha value is -1.77. The molecule has 3 nitrogen and oxygen atoms in total. The SMILES string of the molecule is CCc1ccc2c(C(=O)O)cn(C)c2c1. The minimum Gasteiger partial charge on any atom is -0.478 e. The lowest BCUT2D eigenvalue weighted by Gasteiger charge is -1.99. The molecule has 15 heavy (non-hydrogen) atoms. The van der Waals surface area contributed by atoms with E-state index in [0.717, 1.165) is 17.3 Å². The number of aromatic nitrogens is 1. The fraction of sp³-hybridized carbons (Fsp3) is 0.250. The van der Waals surface area contributed by atoms with Crippen LogP contribution >= 0.6 is 0 Å². The highest BCUT2D eigenvalue weighted by atomic mass is 16.4. The predicted octanol–water partition coefficient (Wildman–Crippen LogP) is 2.44. The van der Waals surface area contributed by atoms with Gasteiger partial charge in [-0.2, -0.15) is 0 Å². The molecule has 0 fully saturated rings. The van der Waals surface area contributed by atoms with Gasteiger partial charge in [0.05, 0.1) is 5.56 Å². The molecule has 2 aromatic rings. The molecule has 0 radical (unpaired) electrons. The molecular formula is C12H13NO2. The van der Waals surface area contributed by atoms with E-state index >= 15 is 0 Å². The number of carboxylic acids is 1. The number of carbonyl (C=O) groups is 1. The van der Waals surface area contributed by atoms with Crippen molar-refractivity contribution in [3.63, 3.8) is 0 Å². The van der Waals surface area contributed by atoms with Gasteiger partial charge in [0.15, 0.2) is 0 Å². The van der Waals surface area contributed by atoms with Crippen LogP contribution in [0.25, 0.3) is 10.9 Å². The molecule has 1 heterocycles. The summed E-state index contributed by atoms with van der Waals surface area (Å²) in [5.74, 6) is -0.871. The first kappa shape index (κ1) is 9.77. The lowest BCUT2D eigenvalue weighted by molar-refractivity contribution is 0.0699. The van der Waals surface area contributed by atoms with Crippen molar-refractivity contribution in [3.05, 3.63) is 35.5 Å². The van der Waals surface area contributed by atoms with E-state index in [0.29, 0.717) is 5.56 Å². The normalized spacial score (nSPS) is 10.8. The lowest BCUT2D eigenvalue weighted by atomic mass is 10.1. The Morgan fingerprint density at radius 3 is 2.80 bits per heavy atom. The summed E-state index contributed by atoms with van der Waals surface area (Å²) in [7, 11) is 1.87. The number of aryl methyl sites for hydroxylation is 2. The topological polar surface area (TPSA) is 42.2 Å². The minimum atomic E-state index is -0.871. The molecule has 0 saturated carbocycles. The number of fused-ring (bicyclic) bond motifs is 1. The molecule has 1 aromatic carbocycles. The zero-order valence-corrected chi connectivity index (χ0v) is 8.82. The van der Waals surface area contributed by atoms with E-state index in [9.17, 15) is 4.79 Å². The van der Waals surface area contributed by atoms with Gasteiger partial charge in [-0.05, 0) is 18.1 Å². The molecule has 0 unspecified atom stereocenters. The highest BCUT2D eigenvalue weighted by Gasteiger charge is 2.12. The Bertz CT molecular complexity index is 526. The van der Waals surface area contributed by atoms with E-state index in [1.165, 1.54) is 5.56 Å². The van der Waals surface area contributed by atoms with Gasteiger partial charge in [-0.25, -0.2) is 4.79 Å². The van der Waals surface area contributed by atoms with Crippen LogP contribution in [-0.2, 0) is 13.5 Å². The second-order valence-electron chi connectivity index (χ2n) is 3.66. The minimum absolute atomic E-state index is 0.371. The monoisotopic (exact) mass is 203 g/mol. The molecule has 0 aliphatic heterocycles.